The van der Waals surface area contributed by atoms with Crippen molar-refractivity contribution in [3.05, 3.63) is 58.1 Å². The molecule has 0 spiro atoms. The summed E-state index contributed by atoms with van der Waals surface area (Å²) in [6.45, 7) is 4.09. The van der Waals surface area contributed by atoms with Crippen LogP contribution < -0.4 is 15.4 Å². The van der Waals surface area contributed by atoms with Crippen molar-refractivity contribution < 1.29 is 19.2 Å². The van der Waals surface area contributed by atoms with Crippen LogP contribution in [0.1, 0.15) is 12.5 Å². The molecule has 2 N–H and O–H groups in total. The van der Waals surface area contributed by atoms with E-state index in [1.165, 1.54) is 12.1 Å². The van der Waals surface area contributed by atoms with Crippen LogP contribution in [0.2, 0.25) is 0 Å². The molecule has 0 aliphatic rings. The number of thioether (sulfide) groups is 1. The molecule has 9 heteroatoms. The number of nitro groups is 1. The monoisotopic (exact) mass is 403 g/mol. The molecule has 2 aromatic carbocycles. The van der Waals surface area contributed by atoms with Gasteiger partial charge in [-0.1, -0.05) is 18.2 Å². The van der Waals surface area contributed by atoms with Gasteiger partial charge in [-0.2, -0.15) is 0 Å². The van der Waals surface area contributed by atoms with E-state index in [9.17, 15) is 19.7 Å². The molecule has 0 radical (unpaired) electrons. The minimum absolute atomic E-state index is 0.0443. The molecule has 0 aromatic heterocycles. The lowest BCUT2D eigenvalue weighted by Gasteiger charge is -2.11. The van der Waals surface area contributed by atoms with Gasteiger partial charge >= 0.3 is 0 Å². The Bertz CT molecular complexity index is 872. The van der Waals surface area contributed by atoms with Gasteiger partial charge in [0.05, 0.1) is 34.4 Å². The maximum absolute atomic E-state index is 12.1. The van der Waals surface area contributed by atoms with Gasteiger partial charge in [0.1, 0.15) is 5.75 Å². The number of rotatable bonds is 9. The number of aryl methyl sites for hydroxylation is 1. The summed E-state index contributed by atoms with van der Waals surface area (Å²) in [6, 6.07) is 11.4. The highest BCUT2D eigenvalue weighted by Gasteiger charge is 2.12. The number of anilines is 2. The summed E-state index contributed by atoms with van der Waals surface area (Å²) in [4.78, 5) is 34.5. The lowest BCUT2D eigenvalue weighted by Crippen LogP contribution is -2.19. The first-order chi connectivity index (χ1) is 13.4. The Morgan fingerprint density at radius 2 is 1.71 bits per heavy atom. The van der Waals surface area contributed by atoms with Crippen LogP contribution in [0, 0.1) is 17.0 Å². The predicted molar refractivity (Wildman–Crippen MR) is 110 cm³/mol. The quantitative estimate of drug-likeness (QED) is 0.489. The van der Waals surface area contributed by atoms with Gasteiger partial charge in [0.15, 0.2) is 0 Å². The van der Waals surface area contributed by atoms with Crippen LogP contribution in [-0.4, -0.2) is 34.9 Å². The number of ether oxygens (including phenoxy) is 1. The summed E-state index contributed by atoms with van der Waals surface area (Å²) in [5.41, 5.74) is 1.58. The zero-order chi connectivity index (χ0) is 20.5. The molecule has 0 saturated carbocycles. The van der Waals surface area contributed by atoms with Crippen LogP contribution in [0.4, 0.5) is 17.1 Å². The third kappa shape index (κ3) is 6.27. The van der Waals surface area contributed by atoms with Crippen molar-refractivity contribution in [3.63, 3.8) is 0 Å². The Morgan fingerprint density at radius 1 is 1.07 bits per heavy atom. The van der Waals surface area contributed by atoms with Crippen molar-refractivity contribution in [2.24, 2.45) is 0 Å². The van der Waals surface area contributed by atoms with Gasteiger partial charge in [-0.3, -0.25) is 19.7 Å². The molecule has 0 bridgehead atoms. The molecular formula is C19H21N3O5S. The Hall–Kier alpha value is -3.07. The number of carbonyl (C=O) groups is 2. The standard InChI is InChI=1S/C19H21N3O5S/c1-3-27-17-7-5-4-6-15(17)20-18(23)11-28-12-19(24)21-16-10-14(22(25)26)9-8-13(16)2/h4-10H,3,11-12H2,1-2H3,(H,20,23)(H,21,24). The molecule has 0 saturated heterocycles. The largest absolute Gasteiger partial charge is 0.492 e. The Kier molecular flexibility index (Phi) is 7.82. The minimum Gasteiger partial charge on any atom is -0.492 e. The molecule has 0 unspecified atom stereocenters. The van der Waals surface area contributed by atoms with Gasteiger partial charge < -0.3 is 15.4 Å². The number of hydrogen-bond donors (Lipinski definition) is 2. The zero-order valence-electron chi connectivity index (χ0n) is 15.6. The summed E-state index contributed by atoms with van der Waals surface area (Å²) in [6.07, 6.45) is 0. The van der Waals surface area contributed by atoms with Crippen LogP contribution in [-0.2, 0) is 9.59 Å². The van der Waals surface area contributed by atoms with E-state index in [1.807, 2.05) is 13.0 Å². The first-order valence-corrected chi connectivity index (χ1v) is 9.70. The van der Waals surface area contributed by atoms with Gasteiger partial charge in [0.25, 0.3) is 5.69 Å². The molecule has 0 fully saturated rings. The molecule has 28 heavy (non-hydrogen) atoms. The molecule has 0 heterocycles. The van der Waals surface area contributed by atoms with E-state index in [4.69, 9.17) is 4.74 Å². The number of nitrogens with zero attached hydrogens (tertiary/aromatic N) is 1. The fourth-order valence-corrected chi connectivity index (χ4v) is 2.94. The molecule has 2 amide bonds. The van der Waals surface area contributed by atoms with Crippen molar-refractivity contribution >= 4 is 40.6 Å². The molecule has 0 atom stereocenters. The Labute approximate surface area is 166 Å². The number of para-hydroxylation sites is 2. The number of non-ortho nitro benzene ring substituents is 1. The van der Waals surface area contributed by atoms with Gasteiger partial charge in [0.2, 0.25) is 11.8 Å². The fraction of sp³-hybridized carbons (Fsp3) is 0.263. The topological polar surface area (TPSA) is 111 Å². The van der Waals surface area contributed by atoms with E-state index < -0.39 is 4.92 Å². The van der Waals surface area contributed by atoms with Crippen LogP contribution >= 0.6 is 11.8 Å². The SMILES string of the molecule is CCOc1ccccc1NC(=O)CSCC(=O)Nc1cc([N+](=O)[O-])ccc1C. The van der Waals surface area contributed by atoms with Crippen molar-refractivity contribution in [1.29, 1.82) is 0 Å². The third-order valence-electron chi connectivity index (χ3n) is 3.63. The number of carbonyl (C=O) groups excluding carboxylic acids is 2. The molecule has 0 aliphatic heterocycles. The zero-order valence-corrected chi connectivity index (χ0v) is 16.4. The van der Waals surface area contributed by atoms with Crippen molar-refractivity contribution in [3.8, 4) is 5.75 Å². The summed E-state index contributed by atoms with van der Waals surface area (Å²) in [5.74, 6) is 0.125. The van der Waals surface area contributed by atoms with E-state index in [0.717, 1.165) is 11.8 Å². The molecule has 2 aromatic rings. The number of amides is 2. The molecule has 2 rings (SSSR count). The number of benzene rings is 2. The second-order valence-corrected chi connectivity index (χ2v) is 6.76. The normalized spacial score (nSPS) is 10.2. The van der Waals surface area contributed by atoms with E-state index in [0.29, 0.717) is 29.3 Å². The van der Waals surface area contributed by atoms with Crippen molar-refractivity contribution in [2.75, 3.05) is 28.7 Å². The fourth-order valence-electron chi connectivity index (χ4n) is 2.32. The van der Waals surface area contributed by atoms with Crippen LogP contribution in [0.15, 0.2) is 42.5 Å². The molecule has 0 aliphatic carbocycles. The number of nitrogens with one attached hydrogen (secondary N) is 2. The number of nitro benzene ring substituents is 1. The average Bonchev–Trinajstić information content (AvgIpc) is 2.65. The third-order valence-corrected chi connectivity index (χ3v) is 4.57. The summed E-state index contributed by atoms with van der Waals surface area (Å²) in [5, 5.41) is 16.2. The van der Waals surface area contributed by atoms with E-state index in [-0.39, 0.29) is 29.0 Å². The summed E-state index contributed by atoms with van der Waals surface area (Å²) >= 11 is 1.14. The lowest BCUT2D eigenvalue weighted by atomic mass is 10.2. The molecule has 8 nitrogen and oxygen atoms in total. The highest BCUT2D eigenvalue weighted by molar-refractivity contribution is 8.00. The lowest BCUT2D eigenvalue weighted by molar-refractivity contribution is -0.384. The van der Waals surface area contributed by atoms with Crippen LogP contribution in [0.5, 0.6) is 5.75 Å². The van der Waals surface area contributed by atoms with Gasteiger partial charge in [0, 0.05) is 12.1 Å². The van der Waals surface area contributed by atoms with Gasteiger partial charge in [-0.25, -0.2) is 0 Å². The average molecular weight is 403 g/mol. The minimum atomic E-state index is -0.520. The van der Waals surface area contributed by atoms with Crippen LogP contribution in [0.3, 0.4) is 0 Å². The highest BCUT2D eigenvalue weighted by atomic mass is 32.2. The van der Waals surface area contributed by atoms with Crippen LogP contribution in [0.25, 0.3) is 0 Å². The molecular weight excluding hydrogens is 382 g/mol. The Balaban J connectivity index is 1.83. The maximum atomic E-state index is 12.1. The predicted octanol–water partition coefficient (Wildman–Crippen LogP) is 3.61. The smallest absolute Gasteiger partial charge is 0.271 e. The van der Waals surface area contributed by atoms with Gasteiger partial charge in [-0.05, 0) is 31.5 Å². The first kappa shape index (κ1) is 21.2. The van der Waals surface area contributed by atoms with E-state index in [2.05, 4.69) is 10.6 Å². The highest BCUT2D eigenvalue weighted by Crippen LogP contribution is 2.24. The van der Waals surface area contributed by atoms with E-state index >= 15 is 0 Å². The summed E-state index contributed by atoms with van der Waals surface area (Å²) < 4.78 is 5.45. The van der Waals surface area contributed by atoms with Crippen molar-refractivity contribution in [2.45, 2.75) is 13.8 Å². The van der Waals surface area contributed by atoms with Crippen molar-refractivity contribution in [1.82, 2.24) is 0 Å². The maximum Gasteiger partial charge on any atom is 0.271 e. The number of hydrogen-bond acceptors (Lipinski definition) is 6. The summed E-state index contributed by atoms with van der Waals surface area (Å²) in [7, 11) is 0. The molecule has 148 valence electrons. The second-order valence-electron chi connectivity index (χ2n) is 5.77. The first-order valence-electron chi connectivity index (χ1n) is 8.55. The Morgan fingerprint density at radius 3 is 2.36 bits per heavy atom. The second kappa shape index (κ2) is 10.3. The van der Waals surface area contributed by atoms with E-state index in [1.54, 1.807) is 31.2 Å². The van der Waals surface area contributed by atoms with Gasteiger partial charge in [-0.15, -0.1) is 11.8 Å².